The van der Waals surface area contributed by atoms with Crippen LogP contribution in [0.4, 0.5) is 5.69 Å². The number of hydrogen-bond donors (Lipinski definition) is 1. The summed E-state index contributed by atoms with van der Waals surface area (Å²) in [6.07, 6.45) is 0. The molecule has 0 aromatic heterocycles. The van der Waals surface area contributed by atoms with E-state index in [4.69, 9.17) is 0 Å². The first-order valence-corrected chi connectivity index (χ1v) is 10.2. The molecule has 0 aliphatic rings. The Balaban J connectivity index is 2.21. The van der Waals surface area contributed by atoms with Gasteiger partial charge in [-0.25, -0.2) is 0 Å². The van der Waals surface area contributed by atoms with Crippen LogP contribution in [0.15, 0.2) is 66.7 Å². The normalized spacial score (nSPS) is 11.4. The van der Waals surface area contributed by atoms with Crippen molar-refractivity contribution in [3.05, 3.63) is 89.0 Å². The Morgan fingerprint density at radius 1 is 0.640 bits per heavy atom. The second kappa shape index (κ2) is 6.90. The van der Waals surface area contributed by atoms with Crippen molar-refractivity contribution in [1.29, 1.82) is 0 Å². The van der Waals surface area contributed by atoms with E-state index in [1.807, 2.05) is 82.3 Å². The standard InChI is InChI=1S/C22H24NOP/c1-16-10-17(2)13-21(12-16)25(24,23-20-8-6-5-7-9-20)22-14-18(3)11-19(4)15-22/h5-15H,1-4H3,(H,23,24). The lowest BCUT2D eigenvalue weighted by atomic mass is 10.2. The third kappa shape index (κ3) is 3.86. The van der Waals surface area contributed by atoms with Crippen LogP contribution in [0.5, 0.6) is 0 Å². The fourth-order valence-electron chi connectivity index (χ4n) is 3.24. The van der Waals surface area contributed by atoms with Crippen molar-refractivity contribution in [2.45, 2.75) is 27.7 Å². The molecule has 25 heavy (non-hydrogen) atoms. The number of benzene rings is 3. The number of anilines is 1. The summed E-state index contributed by atoms with van der Waals surface area (Å²) in [5, 5.41) is 5.04. The first-order valence-electron chi connectivity index (χ1n) is 8.48. The van der Waals surface area contributed by atoms with E-state index in [0.29, 0.717) is 0 Å². The molecule has 0 radical (unpaired) electrons. The highest BCUT2D eigenvalue weighted by Crippen LogP contribution is 2.44. The molecular formula is C22H24NOP. The van der Waals surface area contributed by atoms with Gasteiger partial charge >= 0.3 is 0 Å². The fraction of sp³-hybridized carbons (Fsp3) is 0.182. The lowest BCUT2D eigenvalue weighted by Gasteiger charge is -2.23. The first kappa shape index (κ1) is 17.5. The van der Waals surface area contributed by atoms with Crippen LogP contribution in [0.3, 0.4) is 0 Å². The van der Waals surface area contributed by atoms with E-state index in [0.717, 1.165) is 38.6 Å². The summed E-state index contributed by atoms with van der Waals surface area (Å²) in [4.78, 5) is 0. The molecule has 0 unspecified atom stereocenters. The smallest absolute Gasteiger partial charge is 0.227 e. The topological polar surface area (TPSA) is 29.1 Å². The highest BCUT2D eigenvalue weighted by Gasteiger charge is 2.28. The summed E-state index contributed by atoms with van der Waals surface area (Å²) < 4.78 is 14.3. The molecule has 0 bridgehead atoms. The molecule has 3 aromatic carbocycles. The van der Waals surface area contributed by atoms with Crippen molar-refractivity contribution >= 4 is 23.6 Å². The summed E-state index contributed by atoms with van der Waals surface area (Å²) in [5.41, 5.74) is 5.34. The van der Waals surface area contributed by atoms with Crippen LogP contribution in [0.1, 0.15) is 22.3 Å². The molecule has 0 saturated heterocycles. The summed E-state index contributed by atoms with van der Waals surface area (Å²) in [5.74, 6) is 0. The van der Waals surface area contributed by atoms with Gasteiger partial charge in [0.1, 0.15) is 0 Å². The number of hydrogen-bond acceptors (Lipinski definition) is 1. The molecule has 0 atom stereocenters. The highest BCUT2D eigenvalue weighted by atomic mass is 31.2. The minimum absolute atomic E-state index is 0.846. The van der Waals surface area contributed by atoms with Crippen molar-refractivity contribution in [3.8, 4) is 0 Å². The van der Waals surface area contributed by atoms with Gasteiger partial charge in [0, 0.05) is 16.3 Å². The van der Waals surface area contributed by atoms with Crippen LogP contribution in [0.2, 0.25) is 0 Å². The Bertz CT molecular complexity index is 851. The summed E-state index contributed by atoms with van der Waals surface area (Å²) in [6.45, 7) is 8.19. The monoisotopic (exact) mass is 349 g/mol. The van der Waals surface area contributed by atoms with Gasteiger partial charge in [0.25, 0.3) is 0 Å². The van der Waals surface area contributed by atoms with E-state index in [1.54, 1.807) is 0 Å². The van der Waals surface area contributed by atoms with Crippen molar-refractivity contribution in [1.82, 2.24) is 0 Å². The largest absolute Gasteiger partial charge is 0.329 e. The second-order valence-corrected chi connectivity index (χ2v) is 9.25. The quantitative estimate of drug-likeness (QED) is 0.651. The minimum atomic E-state index is -3.00. The molecule has 3 aromatic rings. The predicted octanol–water partition coefficient (Wildman–Crippen LogP) is 5.26. The molecule has 0 spiro atoms. The molecule has 0 amide bonds. The SMILES string of the molecule is Cc1cc(C)cc(P(=O)(Nc2ccccc2)c2cc(C)cc(C)c2)c1. The first-order chi connectivity index (χ1) is 11.9. The van der Waals surface area contributed by atoms with Crippen LogP contribution in [0.25, 0.3) is 0 Å². The van der Waals surface area contributed by atoms with Crippen LogP contribution < -0.4 is 15.7 Å². The average molecular weight is 349 g/mol. The maximum absolute atomic E-state index is 14.3. The zero-order valence-corrected chi connectivity index (χ0v) is 16.1. The van der Waals surface area contributed by atoms with E-state index in [9.17, 15) is 4.57 Å². The molecular weight excluding hydrogens is 325 g/mol. The Morgan fingerprint density at radius 2 is 1.04 bits per heavy atom. The fourth-order valence-corrected chi connectivity index (χ4v) is 5.85. The predicted molar refractivity (Wildman–Crippen MR) is 109 cm³/mol. The van der Waals surface area contributed by atoms with E-state index in [2.05, 4.69) is 17.2 Å². The van der Waals surface area contributed by atoms with Crippen molar-refractivity contribution in [3.63, 3.8) is 0 Å². The van der Waals surface area contributed by atoms with Crippen molar-refractivity contribution in [2.75, 3.05) is 5.09 Å². The Kier molecular flexibility index (Phi) is 4.83. The molecule has 0 fully saturated rings. The Morgan fingerprint density at radius 3 is 1.44 bits per heavy atom. The molecule has 0 saturated carbocycles. The molecule has 1 N–H and O–H groups in total. The second-order valence-electron chi connectivity index (χ2n) is 6.78. The summed E-state index contributed by atoms with van der Waals surface area (Å²) in [6, 6.07) is 22.1. The van der Waals surface area contributed by atoms with Gasteiger partial charge in [-0.05, 0) is 64.1 Å². The third-order valence-corrected chi connectivity index (χ3v) is 6.74. The molecule has 0 aliphatic heterocycles. The molecule has 3 rings (SSSR count). The zero-order valence-electron chi connectivity index (χ0n) is 15.2. The van der Waals surface area contributed by atoms with E-state index in [1.165, 1.54) is 0 Å². The number of para-hydroxylation sites is 1. The number of aryl methyl sites for hydroxylation is 4. The summed E-state index contributed by atoms with van der Waals surface area (Å²) in [7, 11) is -3.00. The van der Waals surface area contributed by atoms with E-state index in [-0.39, 0.29) is 0 Å². The highest BCUT2D eigenvalue weighted by molar-refractivity contribution is 7.80. The summed E-state index contributed by atoms with van der Waals surface area (Å²) >= 11 is 0. The van der Waals surface area contributed by atoms with Gasteiger partial charge in [0.2, 0.25) is 7.29 Å². The van der Waals surface area contributed by atoms with Crippen LogP contribution in [-0.4, -0.2) is 0 Å². The van der Waals surface area contributed by atoms with E-state index < -0.39 is 7.29 Å². The van der Waals surface area contributed by atoms with Gasteiger partial charge in [0.05, 0.1) is 0 Å². The number of nitrogens with one attached hydrogen (secondary N) is 1. The van der Waals surface area contributed by atoms with Crippen LogP contribution >= 0.6 is 7.29 Å². The maximum atomic E-state index is 14.3. The third-order valence-electron chi connectivity index (χ3n) is 4.20. The molecule has 2 nitrogen and oxygen atoms in total. The number of rotatable bonds is 4. The minimum Gasteiger partial charge on any atom is -0.329 e. The van der Waals surface area contributed by atoms with Crippen molar-refractivity contribution < 1.29 is 4.57 Å². The van der Waals surface area contributed by atoms with Crippen LogP contribution in [-0.2, 0) is 4.57 Å². The molecule has 0 heterocycles. The zero-order chi connectivity index (χ0) is 18.0. The van der Waals surface area contributed by atoms with Gasteiger partial charge in [-0.15, -0.1) is 0 Å². The van der Waals surface area contributed by atoms with Gasteiger partial charge < -0.3 is 5.09 Å². The molecule has 3 heteroatoms. The van der Waals surface area contributed by atoms with Crippen molar-refractivity contribution in [2.24, 2.45) is 0 Å². The molecule has 128 valence electrons. The lowest BCUT2D eigenvalue weighted by molar-refractivity contribution is 0.590. The Hall–Kier alpha value is -2.31. The van der Waals surface area contributed by atoms with Gasteiger partial charge in [-0.2, -0.15) is 0 Å². The Labute approximate surface area is 150 Å². The maximum Gasteiger partial charge on any atom is 0.227 e. The van der Waals surface area contributed by atoms with Gasteiger partial charge in [0.15, 0.2) is 0 Å². The van der Waals surface area contributed by atoms with E-state index >= 15 is 0 Å². The molecule has 0 aliphatic carbocycles. The lowest BCUT2D eigenvalue weighted by Crippen LogP contribution is -2.23. The van der Waals surface area contributed by atoms with Gasteiger partial charge in [-0.3, -0.25) is 4.57 Å². The van der Waals surface area contributed by atoms with Gasteiger partial charge in [-0.1, -0.05) is 52.6 Å². The van der Waals surface area contributed by atoms with Crippen LogP contribution in [0, 0.1) is 27.7 Å². The average Bonchev–Trinajstić information content (AvgIpc) is 2.54.